The average Bonchev–Trinajstić information content (AvgIpc) is 2.35. The Kier molecular flexibility index (Phi) is 3.56. The lowest BCUT2D eigenvalue weighted by Gasteiger charge is -2.13. The Morgan fingerprint density at radius 2 is 1.79 bits per heavy atom. The van der Waals surface area contributed by atoms with Gasteiger partial charge in [-0.2, -0.15) is 23.0 Å². The lowest BCUT2D eigenvalue weighted by Crippen LogP contribution is -2.24. The van der Waals surface area contributed by atoms with Crippen LogP contribution in [0.25, 0.3) is 5.69 Å². The first-order chi connectivity index (χ1) is 8.82. The maximum atomic E-state index is 12.8. The van der Waals surface area contributed by atoms with Crippen LogP contribution in [-0.2, 0) is 6.18 Å². The molecule has 0 fully saturated rings. The molecule has 0 aliphatic carbocycles. The first-order valence-electron chi connectivity index (χ1n) is 4.92. The van der Waals surface area contributed by atoms with Crippen LogP contribution in [0.3, 0.4) is 0 Å². The van der Waals surface area contributed by atoms with Crippen LogP contribution in [0.1, 0.15) is 5.56 Å². The minimum absolute atomic E-state index is 0.118. The largest absolute Gasteiger partial charge is 0.418 e. The summed E-state index contributed by atoms with van der Waals surface area (Å²) in [5, 5.41) is 3.07. The van der Waals surface area contributed by atoms with Gasteiger partial charge in [0.15, 0.2) is 0 Å². The minimum Gasteiger partial charge on any atom is -0.266 e. The van der Waals surface area contributed by atoms with Gasteiger partial charge < -0.3 is 0 Å². The molecule has 0 spiro atoms. The number of benzene rings is 1. The molecule has 0 amide bonds. The number of para-hydroxylation sites is 1. The molecule has 0 aliphatic heterocycles. The summed E-state index contributed by atoms with van der Waals surface area (Å²) in [6.07, 6.45) is -3.59. The van der Waals surface area contributed by atoms with Gasteiger partial charge in [-0.3, -0.25) is 4.79 Å². The smallest absolute Gasteiger partial charge is 0.266 e. The number of hydrogen-bond donors (Lipinski definition) is 0. The molecule has 1 aromatic carbocycles. The first kappa shape index (κ1) is 13.9. The SMILES string of the molecule is O=c1c(Cl)c(Cl)cnn1-c1ccccc1C(F)(F)F. The summed E-state index contributed by atoms with van der Waals surface area (Å²) in [6, 6.07) is 4.56. The van der Waals surface area contributed by atoms with E-state index in [9.17, 15) is 18.0 Å². The molecule has 0 unspecified atom stereocenters. The molecule has 0 N–H and O–H groups in total. The topological polar surface area (TPSA) is 34.9 Å². The van der Waals surface area contributed by atoms with Gasteiger partial charge in [-0.1, -0.05) is 35.3 Å². The van der Waals surface area contributed by atoms with Gasteiger partial charge in [0.2, 0.25) is 0 Å². The zero-order chi connectivity index (χ0) is 14.2. The van der Waals surface area contributed by atoms with Gasteiger partial charge in [0.1, 0.15) is 5.02 Å². The quantitative estimate of drug-likeness (QED) is 0.807. The Bertz CT molecular complexity index is 682. The molecule has 2 rings (SSSR count). The van der Waals surface area contributed by atoms with E-state index in [0.717, 1.165) is 18.3 Å². The highest BCUT2D eigenvalue weighted by Crippen LogP contribution is 2.33. The molecule has 0 bridgehead atoms. The number of alkyl halides is 3. The van der Waals surface area contributed by atoms with Gasteiger partial charge >= 0.3 is 6.18 Å². The average molecular weight is 309 g/mol. The maximum Gasteiger partial charge on any atom is 0.418 e. The van der Waals surface area contributed by atoms with Crippen molar-refractivity contribution in [2.75, 3.05) is 0 Å². The van der Waals surface area contributed by atoms with Crippen LogP contribution in [-0.4, -0.2) is 9.78 Å². The molecule has 3 nitrogen and oxygen atoms in total. The zero-order valence-electron chi connectivity index (χ0n) is 9.08. The number of halogens is 5. The molecule has 2 aromatic rings. The Morgan fingerprint density at radius 3 is 2.42 bits per heavy atom. The van der Waals surface area contributed by atoms with Gasteiger partial charge in [-0.05, 0) is 12.1 Å². The van der Waals surface area contributed by atoms with E-state index in [4.69, 9.17) is 23.2 Å². The molecule has 1 aromatic heterocycles. The Hall–Kier alpha value is -1.53. The molecule has 0 saturated carbocycles. The van der Waals surface area contributed by atoms with Crippen molar-refractivity contribution in [1.82, 2.24) is 9.78 Å². The second kappa shape index (κ2) is 4.86. The number of rotatable bonds is 1. The highest BCUT2D eigenvalue weighted by molar-refractivity contribution is 6.41. The fraction of sp³-hybridized carbons (Fsp3) is 0.0909. The van der Waals surface area contributed by atoms with Crippen LogP contribution in [0.4, 0.5) is 13.2 Å². The van der Waals surface area contributed by atoms with Crippen LogP contribution in [0.5, 0.6) is 0 Å². The molecule has 19 heavy (non-hydrogen) atoms. The van der Waals surface area contributed by atoms with Crippen LogP contribution in [0.2, 0.25) is 10.0 Å². The molecule has 0 aliphatic rings. The molecule has 8 heteroatoms. The van der Waals surface area contributed by atoms with Crippen molar-refractivity contribution >= 4 is 23.2 Å². The lowest BCUT2D eigenvalue weighted by atomic mass is 10.1. The first-order valence-corrected chi connectivity index (χ1v) is 5.68. The Labute approximate surface area is 115 Å². The fourth-order valence-corrected chi connectivity index (χ4v) is 1.74. The summed E-state index contributed by atoms with van der Waals surface area (Å²) in [4.78, 5) is 11.8. The summed E-state index contributed by atoms with van der Waals surface area (Å²) in [7, 11) is 0. The molecule has 100 valence electrons. The molecule has 0 saturated heterocycles. The van der Waals surface area contributed by atoms with Crippen molar-refractivity contribution in [1.29, 1.82) is 0 Å². The molecule has 0 atom stereocenters. The summed E-state index contributed by atoms with van der Waals surface area (Å²) < 4.78 is 39.1. The van der Waals surface area contributed by atoms with Crippen LogP contribution >= 0.6 is 23.2 Å². The van der Waals surface area contributed by atoms with Gasteiger partial charge in [-0.25, -0.2) is 0 Å². The maximum absolute atomic E-state index is 12.8. The number of nitrogens with zero attached hydrogens (tertiary/aromatic N) is 2. The third-order valence-electron chi connectivity index (χ3n) is 2.31. The van der Waals surface area contributed by atoms with Crippen molar-refractivity contribution in [3.05, 3.63) is 56.4 Å². The Morgan fingerprint density at radius 1 is 1.16 bits per heavy atom. The second-order valence-electron chi connectivity index (χ2n) is 3.54. The molecule has 1 heterocycles. The van der Waals surface area contributed by atoms with Crippen LogP contribution in [0, 0.1) is 0 Å². The zero-order valence-corrected chi connectivity index (χ0v) is 10.6. The van der Waals surface area contributed by atoms with E-state index in [0.29, 0.717) is 4.68 Å². The highest BCUT2D eigenvalue weighted by atomic mass is 35.5. The number of hydrogen-bond acceptors (Lipinski definition) is 2. The van der Waals surface area contributed by atoms with E-state index in [2.05, 4.69) is 5.10 Å². The second-order valence-corrected chi connectivity index (χ2v) is 4.32. The summed E-state index contributed by atoms with van der Waals surface area (Å²) in [6.45, 7) is 0. The monoisotopic (exact) mass is 308 g/mol. The van der Waals surface area contributed by atoms with Crippen molar-refractivity contribution in [2.45, 2.75) is 6.18 Å². The molecule has 0 radical (unpaired) electrons. The van der Waals surface area contributed by atoms with Gasteiger partial charge in [0, 0.05) is 0 Å². The van der Waals surface area contributed by atoms with Crippen LogP contribution < -0.4 is 5.56 Å². The summed E-state index contributed by atoms with van der Waals surface area (Å²) in [5.74, 6) is 0. The standard InChI is InChI=1S/C11H5Cl2F3N2O/c12-7-5-17-18(10(19)9(7)13)8-4-2-1-3-6(8)11(14,15)16/h1-5H. The highest BCUT2D eigenvalue weighted by Gasteiger charge is 2.34. The Balaban J connectivity index is 2.74. The predicted molar refractivity (Wildman–Crippen MR) is 64.9 cm³/mol. The lowest BCUT2D eigenvalue weighted by molar-refractivity contribution is -0.137. The third kappa shape index (κ3) is 2.59. The minimum atomic E-state index is -4.61. The molecular formula is C11H5Cl2F3N2O. The van der Waals surface area contributed by atoms with Gasteiger partial charge in [-0.15, -0.1) is 0 Å². The van der Waals surface area contributed by atoms with E-state index in [1.807, 2.05) is 0 Å². The van der Waals surface area contributed by atoms with Crippen molar-refractivity contribution in [3.8, 4) is 5.69 Å². The summed E-state index contributed by atoms with van der Waals surface area (Å²) in [5.41, 5.74) is -2.30. The fourth-order valence-electron chi connectivity index (χ4n) is 1.48. The van der Waals surface area contributed by atoms with E-state index in [-0.39, 0.29) is 10.0 Å². The van der Waals surface area contributed by atoms with E-state index >= 15 is 0 Å². The predicted octanol–water partition coefficient (Wildman–Crippen LogP) is 3.56. The molecular weight excluding hydrogens is 304 g/mol. The normalized spacial score (nSPS) is 11.6. The van der Waals surface area contributed by atoms with E-state index in [1.54, 1.807) is 0 Å². The van der Waals surface area contributed by atoms with Crippen LogP contribution in [0.15, 0.2) is 35.3 Å². The van der Waals surface area contributed by atoms with Gasteiger partial charge in [0.05, 0.1) is 22.5 Å². The van der Waals surface area contributed by atoms with E-state index in [1.165, 1.54) is 12.1 Å². The van der Waals surface area contributed by atoms with Crippen molar-refractivity contribution in [3.63, 3.8) is 0 Å². The van der Waals surface area contributed by atoms with Crippen molar-refractivity contribution in [2.24, 2.45) is 0 Å². The third-order valence-corrected chi connectivity index (χ3v) is 3.06. The number of aromatic nitrogens is 2. The van der Waals surface area contributed by atoms with Gasteiger partial charge in [0.25, 0.3) is 5.56 Å². The van der Waals surface area contributed by atoms with Crippen molar-refractivity contribution < 1.29 is 13.2 Å². The van der Waals surface area contributed by atoms with E-state index < -0.39 is 23.0 Å². The summed E-state index contributed by atoms with van der Waals surface area (Å²) >= 11 is 11.2.